The number of esters is 1. The maximum atomic E-state index is 11.6. The third-order valence-electron chi connectivity index (χ3n) is 2.19. The first-order valence-electron chi connectivity index (χ1n) is 4.89. The summed E-state index contributed by atoms with van der Waals surface area (Å²) in [7, 11) is 1.31. The number of hydrogen-bond donors (Lipinski definition) is 0. The Labute approximate surface area is 91.0 Å². The number of carbonyl (C=O) groups is 1. The second-order valence-corrected chi connectivity index (χ2v) is 3.23. The zero-order valence-corrected chi connectivity index (χ0v) is 9.49. The van der Waals surface area contributed by atoms with Gasteiger partial charge in [0.05, 0.1) is 13.2 Å². The van der Waals surface area contributed by atoms with E-state index >= 15 is 0 Å². The van der Waals surface area contributed by atoms with E-state index in [0.29, 0.717) is 12.8 Å². The maximum Gasteiger partial charge on any atom is 0.326 e. The molecule has 0 unspecified atom stereocenters. The highest BCUT2D eigenvalue weighted by atomic mass is 16.5. The highest BCUT2D eigenvalue weighted by Gasteiger charge is 2.37. The van der Waals surface area contributed by atoms with E-state index < -0.39 is 11.4 Å². The Morgan fingerprint density at radius 2 is 1.80 bits per heavy atom. The quantitative estimate of drug-likeness (QED) is 0.514. The number of nitriles is 1. The van der Waals surface area contributed by atoms with Crippen molar-refractivity contribution in [2.45, 2.75) is 26.7 Å². The maximum absolute atomic E-state index is 11.6. The van der Waals surface area contributed by atoms with E-state index in [0.717, 1.165) is 0 Å². The van der Waals surface area contributed by atoms with Crippen LogP contribution in [0.3, 0.4) is 0 Å². The van der Waals surface area contributed by atoms with Crippen molar-refractivity contribution in [3.05, 3.63) is 24.3 Å². The summed E-state index contributed by atoms with van der Waals surface area (Å²) in [6, 6.07) is 2.06. The van der Waals surface area contributed by atoms with Crippen LogP contribution < -0.4 is 0 Å². The third kappa shape index (κ3) is 3.59. The summed E-state index contributed by atoms with van der Waals surface area (Å²) in [6.07, 6.45) is 8.04. The zero-order chi connectivity index (χ0) is 11.7. The van der Waals surface area contributed by atoms with Crippen LogP contribution in [0.2, 0.25) is 0 Å². The van der Waals surface area contributed by atoms with E-state index in [1.54, 1.807) is 0 Å². The number of methoxy groups -OCH3 is 1. The molecule has 0 saturated carbocycles. The number of hydrogen-bond acceptors (Lipinski definition) is 3. The van der Waals surface area contributed by atoms with Crippen LogP contribution in [-0.4, -0.2) is 13.1 Å². The molecule has 0 atom stereocenters. The monoisotopic (exact) mass is 207 g/mol. The van der Waals surface area contributed by atoms with Gasteiger partial charge in [0.2, 0.25) is 0 Å². The molecule has 0 spiro atoms. The highest BCUT2D eigenvalue weighted by molar-refractivity contribution is 5.80. The van der Waals surface area contributed by atoms with Crippen molar-refractivity contribution in [1.82, 2.24) is 0 Å². The van der Waals surface area contributed by atoms with Gasteiger partial charge in [-0.2, -0.15) is 5.26 Å². The first-order valence-corrected chi connectivity index (χ1v) is 4.89. The predicted octanol–water partition coefficient (Wildman–Crippen LogP) is 2.60. The topological polar surface area (TPSA) is 50.1 Å². The summed E-state index contributed by atoms with van der Waals surface area (Å²) in [4.78, 5) is 11.6. The average molecular weight is 207 g/mol. The van der Waals surface area contributed by atoms with E-state index in [4.69, 9.17) is 5.26 Å². The van der Waals surface area contributed by atoms with Gasteiger partial charge in [-0.15, -0.1) is 0 Å². The molecular formula is C12H17NO2. The lowest BCUT2D eigenvalue weighted by Crippen LogP contribution is -2.29. The third-order valence-corrected chi connectivity index (χ3v) is 2.19. The van der Waals surface area contributed by atoms with Crippen LogP contribution in [0.15, 0.2) is 24.3 Å². The summed E-state index contributed by atoms with van der Waals surface area (Å²) in [5.41, 5.74) is -1.08. The van der Waals surface area contributed by atoms with E-state index in [1.807, 2.05) is 38.2 Å². The Balaban J connectivity index is 4.93. The molecule has 0 bridgehead atoms. The first-order chi connectivity index (χ1) is 7.16. The van der Waals surface area contributed by atoms with Crippen molar-refractivity contribution in [2.24, 2.45) is 5.41 Å². The normalized spacial score (nSPS) is 11.9. The smallest absolute Gasteiger partial charge is 0.326 e. The summed E-state index contributed by atoms with van der Waals surface area (Å²) in [6.45, 7) is 3.71. The molecule has 0 saturated heterocycles. The van der Waals surface area contributed by atoms with Gasteiger partial charge in [-0.1, -0.05) is 24.3 Å². The minimum absolute atomic E-state index is 0.386. The molecular weight excluding hydrogens is 190 g/mol. The van der Waals surface area contributed by atoms with Crippen LogP contribution >= 0.6 is 0 Å². The lowest BCUT2D eigenvalue weighted by molar-refractivity contribution is -0.149. The lowest BCUT2D eigenvalue weighted by Gasteiger charge is -2.20. The summed E-state index contributed by atoms with van der Waals surface area (Å²) < 4.78 is 4.67. The van der Waals surface area contributed by atoms with Crippen LogP contribution in [-0.2, 0) is 9.53 Å². The molecule has 0 aromatic heterocycles. The van der Waals surface area contributed by atoms with Gasteiger partial charge in [0.15, 0.2) is 5.41 Å². The molecule has 0 heterocycles. The molecule has 15 heavy (non-hydrogen) atoms. The molecule has 3 heteroatoms. The fourth-order valence-corrected chi connectivity index (χ4v) is 1.22. The molecule has 0 amide bonds. The van der Waals surface area contributed by atoms with Gasteiger partial charge in [-0.25, -0.2) is 0 Å². The summed E-state index contributed by atoms with van der Waals surface area (Å²) in [5, 5.41) is 9.11. The average Bonchev–Trinajstić information content (AvgIpc) is 2.29. The van der Waals surface area contributed by atoms with Gasteiger partial charge in [0.1, 0.15) is 0 Å². The standard InChI is InChI=1S/C12H17NO2/c1-4-6-8-12(10-13,9-7-5-2)11(14)15-3/h4-7H,8-9H2,1-3H3/b6-4-,7-5-. The number of allylic oxidation sites excluding steroid dienone is 4. The highest BCUT2D eigenvalue weighted by Crippen LogP contribution is 2.28. The van der Waals surface area contributed by atoms with Crippen molar-refractivity contribution in [3.63, 3.8) is 0 Å². The van der Waals surface area contributed by atoms with Gasteiger partial charge in [-0.05, 0) is 26.7 Å². The Bertz CT molecular complexity index is 283. The lowest BCUT2D eigenvalue weighted by atomic mass is 9.82. The van der Waals surface area contributed by atoms with Gasteiger partial charge in [0.25, 0.3) is 0 Å². The Kier molecular flexibility index (Phi) is 6.12. The Hall–Kier alpha value is -1.56. The van der Waals surface area contributed by atoms with Gasteiger partial charge in [0, 0.05) is 0 Å². The number of ether oxygens (including phenoxy) is 1. The van der Waals surface area contributed by atoms with Gasteiger partial charge < -0.3 is 4.74 Å². The van der Waals surface area contributed by atoms with E-state index in [-0.39, 0.29) is 0 Å². The van der Waals surface area contributed by atoms with E-state index in [1.165, 1.54) is 7.11 Å². The molecule has 3 nitrogen and oxygen atoms in total. The van der Waals surface area contributed by atoms with E-state index in [2.05, 4.69) is 10.8 Å². The first kappa shape index (κ1) is 13.4. The SMILES string of the molecule is C/C=C\CC(C#N)(C/C=C\C)C(=O)OC. The molecule has 0 aromatic carbocycles. The fraction of sp³-hybridized carbons (Fsp3) is 0.500. The Morgan fingerprint density at radius 1 is 1.33 bits per heavy atom. The number of nitrogens with zero attached hydrogens (tertiary/aromatic N) is 1. The molecule has 0 N–H and O–H groups in total. The van der Waals surface area contributed by atoms with Gasteiger partial charge >= 0.3 is 5.97 Å². The molecule has 0 rings (SSSR count). The van der Waals surface area contributed by atoms with Crippen molar-refractivity contribution in [3.8, 4) is 6.07 Å². The summed E-state index contributed by atoms with van der Waals surface area (Å²) >= 11 is 0. The van der Waals surface area contributed by atoms with Crippen molar-refractivity contribution in [2.75, 3.05) is 7.11 Å². The van der Waals surface area contributed by atoms with Crippen LogP contribution in [0, 0.1) is 16.7 Å². The fourth-order valence-electron chi connectivity index (χ4n) is 1.22. The second-order valence-electron chi connectivity index (χ2n) is 3.23. The van der Waals surface area contributed by atoms with Crippen molar-refractivity contribution >= 4 is 5.97 Å². The van der Waals surface area contributed by atoms with Crippen LogP contribution in [0.4, 0.5) is 0 Å². The minimum Gasteiger partial charge on any atom is -0.468 e. The molecule has 82 valence electrons. The van der Waals surface area contributed by atoms with Crippen LogP contribution in [0.5, 0.6) is 0 Å². The zero-order valence-electron chi connectivity index (χ0n) is 9.49. The van der Waals surface area contributed by atoms with Crippen molar-refractivity contribution < 1.29 is 9.53 Å². The second kappa shape index (κ2) is 6.83. The molecule has 0 aliphatic rings. The largest absolute Gasteiger partial charge is 0.468 e. The molecule has 0 radical (unpaired) electrons. The van der Waals surface area contributed by atoms with Crippen LogP contribution in [0.25, 0.3) is 0 Å². The molecule has 0 aliphatic heterocycles. The van der Waals surface area contributed by atoms with Crippen LogP contribution in [0.1, 0.15) is 26.7 Å². The Morgan fingerprint density at radius 3 is 2.07 bits per heavy atom. The van der Waals surface area contributed by atoms with Crippen molar-refractivity contribution in [1.29, 1.82) is 5.26 Å². The number of rotatable bonds is 5. The van der Waals surface area contributed by atoms with Gasteiger partial charge in [-0.3, -0.25) is 4.79 Å². The summed E-state index contributed by atoms with van der Waals surface area (Å²) in [5.74, 6) is -0.471. The molecule has 0 aliphatic carbocycles. The number of carbonyl (C=O) groups excluding carboxylic acids is 1. The molecule has 0 aromatic rings. The molecule has 0 fully saturated rings. The van der Waals surface area contributed by atoms with E-state index in [9.17, 15) is 4.79 Å². The predicted molar refractivity (Wildman–Crippen MR) is 58.9 cm³/mol. The minimum atomic E-state index is -1.08.